The van der Waals surface area contributed by atoms with Crippen LogP contribution >= 0.6 is 0 Å². The smallest absolute Gasteiger partial charge is 0.407 e. The largest absolute Gasteiger partial charge is 0.467 e. The Morgan fingerprint density at radius 3 is 2.30 bits per heavy atom. The van der Waals surface area contributed by atoms with E-state index in [1.807, 2.05) is 30.3 Å². The highest BCUT2D eigenvalue weighted by Gasteiger charge is 2.38. The number of amides is 3. The van der Waals surface area contributed by atoms with Crippen molar-refractivity contribution in [3.05, 3.63) is 71.3 Å². The lowest BCUT2D eigenvalue weighted by Crippen LogP contribution is -2.56. The van der Waals surface area contributed by atoms with Crippen LogP contribution in [0.25, 0.3) is 0 Å². The zero-order chi connectivity index (χ0) is 31.5. The van der Waals surface area contributed by atoms with Crippen molar-refractivity contribution in [3.63, 3.8) is 0 Å². The van der Waals surface area contributed by atoms with E-state index < -0.39 is 59.8 Å². The van der Waals surface area contributed by atoms with Crippen LogP contribution in [0.1, 0.15) is 37.8 Å². The molecule has 13 heteroatoms. The number of methoxy groups -OCH3 is 1. The van der Waals surface area contributed by atoms with E-state index in [0.29, 0.717) is 31.9 Å². The number of hydrogen-bond acceptors (Lipinski definition) is 8. The van der Waals surface area contributed by atoms with Crippen LogP contribution in [0.4, 0.5) is 13.6 Å². The summed E-state index contributed by atoms with van der Waals surface area (Å²) in [5.41, 5.74) is 0.954. The van der Waals surface area contributed by atoms with Crippen molar-refractivity contribution in [1.29, 1.82) is 0 Å². The molecule has 0 spiro atoms. The van der Waals surface area contributed by atoms with Crippen LogP contribution in [0.15, 0.2) is 48.5 Å². The summed E-state index contributed by atoms with van der Waals surface area (Å²) < 4.78 is 43.2. The Morgan fingerprint density at radius 2 is 1.67 bits per heavy atom. The molecule has 0 aromatic heterocycles. The van der Waals surface area contributed by atoms with E-state index in [1.54, 1.807) is 0 Å². The number of likely N-dealkylation sites (tertiary alicyclic amines) is 1. The fraction of sp³-hybridized carbons (Fsp3) is 0.433. The summed E-state index contributed by atoms with van der Waals surface area (Å²) in [6.45, 7) is 3.05. The zero-order valence-electron chi connectivity index (χ0n) is 24.1. The van der Waals surface area contributed by atoms with Gasteiger partial charge in [-0.3, -0.25) is 9.59 Å². The molecule has 43 heavy (non-hydrogen) atoms. The Bertz CT molecular complexity index is 1290. The van der Waals surface area contributed by atoms with Crippen molar-refractivity contribution in [2.45, 2.75) is 63.8 Å². The maximum atomic E-state index is 13.9. The first kappa shape index (κ1) is 33.0. The van der Waals surface area contributed by atoms with Gasteiger partial charge in [0.15, 0.2) is 6.04 Å². The van der Waals surface area contributed by atoms with Gasteiger partial charge in [-0.1, -0.05) is 30.3 Å². The molecule has 1 aliphatic rings. The molecule has 2 aromatic rings. The van der Waals surface area contributed by atoms with Crippen LogP contribution in [0.2, 0.25) is 0 Å². The van der Waals surface area contributed by atoms with Crippen molar-refractivity contribution in [1.82, 2.24) is 15.5 Å². The number of nitrogens with zero attached hydrogens (tertiary/aromatic N) is 1. The standard InChI is InChI=1S/C30H35F2N3O8/c1-18(43-28(38)25-10-7-12-35(25)19(2)36)26(29(39)41-3)34-27(37)24(16-21-14-22(31)17-23(32)15-21)33-30(40)42-13-11-20-8-5-4-6-9-20/h4-6,8-9,14-15,17-18,24-26H,7,10-13,16H2,1-3H3,(H,33,40)(H,34,37)/t18-,24-,25?,26-/m0/s1. The SMILES string of the molecule is COC(=O)[C@@H](NC(=O)[C@H](Cc1cc(F)cc(F)c1)NC(=O)OCCc1ccccc1)[C@H](C)OC(=O)C1CCCN1C(C)=O. The Balaban J connectivity index is 1.73. The summed E-state index contributed by atoms with van der Waals surface area (Å²) in [5.74, 6) is -4.73. The second kappa shape index (κ2) is 15.6. The molecule has 4 atom stereocenters. The summed E-state index contributed by atoms with van der Waals surface area (Å²) in [6.07, 6.45) is -1.22. The van der Waals surface area contributed by atoms with Gasteiger partial charge in [0.2, 0.25) is 11.8 Å². The second-order valence-corrected chi connectivity index (χ2v) is 10.1. The minimum atomic E-state index is -1.52. The minimum absolute atomic E-state index is 0.0189. The first-order chi connectivity index (χ1) is 20.5. The van der Waals surface area contributed by atoms with Gasteiger partial charge in [0.05, 0.1) is 13.7 Å². The molecule has 3 rings (SSSR count). The van der Waals surface area contributed by atoms with E-state index in [9.17, 15) is 32.8 Å². The number of carbonyl (C=O) groups is 5. The van der Waals surface area contributed by atoms with Gasteiger partial charge in [-0.15, -0.1) is 0 Å². The van der Waals surface area contributed by atoms with Gasteiger partial charge in [0.1, 0.15) is 29.8 Å². The van der Waals surface area contributed by atoms with E-state index in [2.05, 4.69) is 10.6 Å². The Morgan fingerprint density at radius 1 is 1.00 bits per heavy atom. The van der Waals surface area contributed by atoms with Gasteiger partial charge in [0.25, 0.3) is 0 Å². The van der Waals surface area contributed by atoms with E-state index in [1.165, 1.54) is 18.7 Å². The predicted octanol–water partition coefficient (Wildman–Crippen LogP) is 2.45. The summed E-state index contributed by atoms with van der Waals surface area (Å²) >= 11 is 0. The molecule has 1 fully saturated rings. The minimum Gasteiger partial charge on any atom is -0.467 e. The number of esters is 2. The molecule has 0 saturated carbocycles. The molecule has 3 amide bonds. The summed E-state index contributed by atoms with van der Waals surface area (Å²) in [6, 6.07) is 8.04. The van der Waals surface area contributed by atoms with Gasteiger partial charge in [-0.2, -0.15) is 0 Å². The molecule has 1 aliphatic heterocycles. The molecule has 11 nitrogen and oxygen atoms in total. The third-order valence-electron chi connectivity index (χ3n) is 6.89. The van der Waals surface area contributed by atoms with Gasteiger partial charge in [0, 0.05) is 32.4 Å². The highest BCUT2D eigenvalue weighted by atomic mass is 19.1. The van der Waals surface area contributed by atoms with Crippen molar-refractivity contribution in [3.8, 4) is 0 Å². The van der Waals surface area contributed by atoms with Crippen molar-refractivity contribution < 1.29 is 47.0 Å². The molecule has 1 unspecified atom stereocenters. The fourth-order valence-electron chi connectivity index (χ4n) is 4.73. The maximum Gasteiger partial charge on any atom is 0.407 e. The average molecular weight is 604 g/mol. The Kier molecular flexibility index (Phi) is 12.0. The zero-order valence-corrected chi connectivity index (χ0v) is 24.1. The Labute approximate surface area is 247 Å². The van der Waals surface area contributed by atoms with Crippen LogP contribution < -0.4 is 10.6 Å². The van der Waals surface area contributed by atoms with E-state index in [0.717, 1.165) is 24.8 Å². The third kappa shape index (κ3) is 9.76. The van der Waals surface area contributed by atoms with Crippen molar-refractivity contribution in [2.75, 3.05) is 20.3 Å². The van der Waals surface area contributed by atoms with Crippen molar-refractivity contribution >= 4 is 29.8 Å². The molecule has 1 saturated heterocycles. The van der Waals surface area contributed by atoms with E-state index in [-0.39, 0.29) is 24.5 Å². The predicted molar refractivity (Wildman–Crippen MR) is 148 cm³/mol. The number of nitrogens with one attached hydrogen (secondary N) is 2. The van der Waals surface area contributed by atoms with E-state index in [4.69, 9.17) is 14.2 Å². The number of benzene rings is 2. The molecule has 0 radical (unpaired) electrons. The summed E-state index contributed by atoms with van der Waals surface area (Å²) in [4.78, 5) is 64.7. The van der Waals surface area contributed by atoms with Gasteiger partial charge in [-0.05, 0) is 43.0 Å². The first-order valence-corrected chi connectivity index (χ1v) is 13.8. The molecule has 1 heterocycles. The van der Waals surface area contributed by atoms with Crippen LogP contribution in [0.5, 0.6) is 0 Å². The second-order valence-electron chi connectivity index (χ2n) is 10.1. The number of halogens is 2. The lowest BCUT2D eigenvalue weighted by Gasteiger charge is -2.28. The maximum absolute atomic E-state index is 13.9. The summed E-state index contributed by atoms with van der Waals surface area (Å²) in [7, 11) is 1.07. The van der Waals surface area contributed by atoms with Gasteiger partial charge >= 0.3 is 18.0 Å². The molecule has 2 aromatic carbocycles. The third-order valence-corrected chi connectivity index (χ3v) is 6.89. The van der Waals surface area contributed by atoms with Crippen LogP contribution in [0.3, 0.4) is 0 Å². The van der Waals surface area contributed by atoms with Crippen LogP contribution in [0, 0.1) is 11.6 Å². The van der Waals surface area contributed by atoms with Crippen LogP contribution in [-0.4, -0.2) is 79.2 Å². The first-order valence-electron chi connectivity index (χ1n) is 13.8. The number of carbonyl (C=O) groups excluding carboxylic acids is 5. The number of alkyl carbamates (subject to hydrolysis) is 1. The number of rotatable bonds is 12. The van der Waals surface area contributed by atoms with Crippen molar-refractivity contribution in [2.24, 2.45) is 0 Å². The monoisotopic (exact) mass is 603 g/mol. The molecule has 0 aliphatic carbocycles. The Hall–Kier alpha value is -4.55. The number of ether oxygens (including phenoxy) is 3. The molecular weight excluding hydrogens is 568 g/mol. The van der Waals surface area contributed by atoms with Gasteiger partial charge in [-0.25, -0.2) is 23.2 Å². The normalized spacial score (nSPS) is 16.4. The highest BCUT2D eigenvalue weighted by molar-refractivity contribution is 5.90. The average Bonchev–Trinajstić information content (AvgIpc) is 3.46. The molecular formula is C30H35F2N3O8. The quantitative estimate of drug-likeness (QED) is 0.279. The van der Waals surface area contributed by atoms with Crippen LogP contribution in [-0.2, 0) is 46.2 Å². The van der Waals surface area contributed by atoms with E-state index >= 15 is 0 Å². The number of hydrogen-bond donors (Lipinski definition) is 2. The topological polar surface area (TPSA) is 140 Å². The lowest BCUT2D eigenvalue weighted by molar-refractivity contribution is -0.163. The lowest BCUT2D eigenvalue weighted by atomic mass is 10.0. The molecule has 2 N–H and O–H groups in total. The molecule has 232 valence electrons. The fourth-order valence-corrected chi connectivity index (χ4v) is 4.73. The summed E-state index contributed by atoms with van der Waals surface area (Å²) in [5, 5.41) is 4.78. The molecule has 0 bridgehead atoms. The van der Waals surface area contributed by atoms with Gasteiger partial charge < -0.3 is 29.7 Å². The highest BCUT2D eigenvalue weighted by Crippen LogP contribution is 2.20.